The van der Waals surface area contributed by atoms with Crippen LogP contribution in [0.15, 0.2) is 30.6 Å². The van der Waals surface area contributed by atoms with Crippen molar-refractivity contribution in [2.45, 2.75) is 27.2 Å². The van der Waals surface area contributed by atoms with Crippen molar-refractivity contribution in [3.05, 3.63) is 36.2 Å². The van der Waals surface area contributed by atoms with Gasteiger partial charge in [-0.1, -0.05) is 39.0 Å². The fraction of sp³-hybridized carbons (Fsp3) is 0.400. The molecule has 0 radical (unpaired) electrons. The van der Waals surface area contributed by atoms with E-state index in [2.05, 4.69) is 30.2 Å². The summed E-state index contributed by atoms with van der Waals surface area (Å²) in [6.45, 7) is 6.13. The van der Waals surface area contributed by atoms with Crippen molar-refractivity contribution in [2.24, 2.45) is 7.05 Å². The quantitative estimate of drug-likeness (QED) is 0.826. The van der Waals surface area contributed by atoms with E-state index in [0.29, 0.717) is 0 Å². The molecule has 2 rings (SSSR count). The van der Waals surface area contributed by atoms with Gasteiger partial charge in [-0.05, 0) is 12.0 Å². The minimum absolute atomic E-state index is 0.956. The highest BCUT2D eigenvalue weighted by Gasteiger charge is 2.10. The molecule has 0 unspecified atom stereocenters. The number of nitrogens with zero attached hydrogens (tertiary/aromatic N) is 2. The summed E-state index contributed by atoms with van der Waals surface area (Å²) in [4.78, 5) is 0. The normalized spacial score (nSPS) is 9.61. The van der Waals surface area contributed by atoms with E-state index in [1.807, 2.05) is 33.3 Å². The molecule has 0 N–H and O–H groups in total. The Morgan fingerprint density at radius 1 is 1.28 bits per heavy atom. The Hall–Kier alpha value is -1.77. The topological polar surface area (TPSA) is 27.1 Å². The second-order valence-corrected chi connectivity index (χ2v) is 3.75. The summed E-state index contributed by atoms with van der Waals surface area (Å²) in [6, 6.07) is 6.22. The van der Waals surface area contributed by atoms with Crippen LogP contribution in [-0.4, -0.2) is 16.9 Å². The van der Waals surface area contributed by atoms with E-state index < -0.39 is 0 Å². The first-order valence-corrected chi connectivity index (χ1v) is 6.41. The van der Waals surface area contributed by atoms with Gasteiger partial charge in [0.1, 0.15) is 5.75 Å². The van der Waals surface area contributed by atoms with Gasteiger partial charge in [0.05, 0.1) is 13.3 Å². The van der Waals surface area contributed by atoms with Crippen molar-refractivity contribution in [1.29, 1.82) is 0 Å². The number of para-hydroxylation sites is 1. The summed E-state index contributed by atoms with van der Waals surface area (Å²) in [7, 11) is 3.63. The van der Waals surface area contributed by atoms with Gasteiger partial charge in [-0.3, -0.25) is 4.68 Å². The van der Waals surface area contributed by atoms with E-state index in [9.17, 15) is 0 Å². The number of hydrogen-bond donors (Lipinski definition) is 0. The highest BCUT2D eigenvalue weighted by molar-refractivity contribution is 5.71. The summed E-state index contributed by atoms with van der Waals surface area (Å²) in [5, 5.41) is 4.19. The number of aryl methyl sites for hydroxylation is 2. The second-order valence-electron chi connectivity index (χ2n) is 3.75. The molecular formula is C15H22N2O. The van der Waals surface area contributed by atoms with E-state index in [1.165, 1.54) is 5.56 Å². The number of aromatic nitrogens is 2. The molecule has 3 nitrogen and oxygen atoms in total. The Morgan fingerprint density at radius 3 is 2.50 bits per heavy atom. The molecule has 0 amide bonds. The standard InChI is InChI=1S/C13H16N2O.C2H6/c1-4-10-6-5-7-12(13(10)16-3)11-8-14-15(2)9-11;1-2/h5-9H,4H2,1-3H3;1-2H3. The maximum Gasteiger partial charge on any atom is 0.129 e. The Morgan fingerprint density at radius 2 is 2.00 bits per heavy atom. The van der Waals surface area contributed by atoms with Crippen LogP contribution in [0, 0.1) is 0 Å². The van der Waals surface area contributed by atoms with Gasteiger partial charge >= 0.3 is 0 Å². The molecule has 1 heterocycles. The zero-order chi connectivity index (χ0) is 13.5. The van der Waals surface area contributed by atoms with Gasteiger partial charge in [-0.25, -0.2) is 0 Å². The van der Waals surface area contributed by atoms with Crippen molar-refractivity contribution in [3.63, 3.8) is 0 Å². The molecule has 3 heteroatoms. The van der Waals surface area contributed by atoms with Gasteiger partial charge in [0.25, 0.3) is 0 Å². The molecule has 0 spiro atoms. The van der Waals surface area contributed by atoms with Crippen LogP contribution in [0.5, 0.6) is 5.75 Å². The van der Waals surface area contributed by atoms with E-state index in [-0.39, 0.29) is 0 Å². The Kier molecular flexibility index (Phi) is 5.43. The average molecular weight is 246 g/mol. The molecular weight excluding hydrogens is 224 g/mol. The maximum atomic E-state index is 5.49. The SMILES string of the molecule is CC.CCc1cccc(-c2cnn(C)c2)c1OC. The fourth-order valence-electron chi connectivity index (χ4n) is 1.89. The van der Waals surface area contributed by atoms with Crippen molar-refractivity contribution >= 4 is 0 Å². The lowest BCUT2D eigenvalue weighted by Gasteiger charge is -2.11. The van der Waals surface area contributed by atoms with Crippen LogP contribution in [-0.2, 0) is 13.5 Å². The van der Waals surface area contributed by atoms with Crippen LogP contribution < -0.4 is 4.74 Å². The van der Waals surface area contributed by atoms with Crippen LogP contribution in [0.4, 0.5) is 0 Å². The van der Waals surface area contributed by atoms with Crippen LogP contribution >= 0.6 is 0 Å². The molecule has 0 atom stereocenters. The minimum Gasteiger partial charge on any atom is -0.496 e. The molecule has 0 fully saturated rings. The molecule has 18 heavy (non-hydrogen) atoms. The fourth-order valence-corrected chi connectivity index (χ4v) is 1.89. The first kappa shape index (κ1) is 14.3. The molecule has 0 bridgehead atoms. The molecule has 0 aliphatic heterocycles. The number of benzene rings is 1. The lowest BCUT2D eigenvalue weighted by Crippen LogP contribution is -1.93. The maximum absolute atomic E-state index is 5.49. The average Bonchev–Trinajstić information content (AvgIpc) is 2.86. The van der Waals surface area contributed by atoms with Gasteiger partial charge in [-0.15, -0.1) is 0 Å². The van der Waals surface area contributed by atoms with Gasteiger partial charge in [-0.2, -0.15) is 5.10 Å². The molecule has 0 aliphatic rings. The lowest BCUT2D eigenvalue weighted by molar-refractivity contribution is 0.412. The van der Waals surface area contributed by atoms with Crippen molar-refractivity contribution in [1.82, 2.24) is 9.78 Å². The first-order chi connectivity index (χ1) is 8.76. The molecule has 0 aliphatic carbocycles. The van der Waals surface area contributed by atoms with Gasteiger partial charge in [0, 0.05) is 24.4 Å². The summed E-state index contributed by atoms with van der Waals surface area (Å²) in [5.74, 6) is 0.956. The second kappa shape index (κ2) is 6.84. The molecule has 0 saturated carbocycles. The highest BCUT2D eigenvalue weighted by Crippen LogP contribution is 2.32. The van der Waals surface area contributed by atoms with E-state index in [0.717, 1.165) is 23.3 Å². The predicted molar refractivity (Wildman–Crippen MR) is 75.9 cm³/mol. The zero-order valence-corrected chi connectivity index (χ0v) is 11.9. The molecule has 98 valence electrons. The third kappa shape index (κ3) is 2.92. The Labute approximate surface area is 109 Å². The first-order valence-electron chi connectivity index (χ1n) is 6.41. The van der Waals surface area contributed by atoms with E-state index in [4.69, 9.17) is 4.74 Å². The van der Waals surface area contributed by atoms with Crippen molar-refractivity contribution in [2.75, 3.05) is 7.11 Å². The van der Waals surface area contributed by atoms with Crippen LogP contribution in [0.3, 0.4) is 0 Å². The largest absolute Gasteiger partial charge is 0.496 e. The number of ether oxygens (including phenoxy) is 1. The van der Waals surface area contributed by atoms with Crippen LogP contribution in [0.25, 0.3) is 11.1 Å². The van der Waals surface area contributed by atoms with E-state index >= 15 is 0 Å². The van der Waals surface area contributed by atoms with Crippen LogP contribution in [0.1, 0.15) is 26.3 Å². The summed E-state index contributed by atoms with van der Waals surface area (Å²) < 4.78 is 7.29. The lowest BCUT2D eigenvalue weighted by atomic mass is 10.0. The van der Waals surface area contributed by atoms with Gasteiger partial charge in [0.15, 0.2) is 0 Å². The third-order valence-electron chi connectivity index (χ3n) is 2.70. The summed E-state index contributed by atoms with van der Waals surface area (Å²) >= 11 is 0. The molecule has 0 saturated heterocycles. The molecule has 2 aromatic rings. The molecule has 1 aromatic heterocycles. The van der Waals surface area contributed by atoms with Gasteiger partial charge in [0.2, 0.25) is 0 Å². The highest BCUT2D eigenvalue weighted by atomic mass is 16.5. The van der Waals surface area contributed by atoms with Gasteiger partial charge < -0.3 is 4.74 Å². The summed E-state index contributed by atoms with van der Waals surface area (Å²) in [6.07, 6.45) is 4.83. The Balaban J connectivity index is 0.000000771. The number of hydrogen-bond acceptors (Lipinski definition) is 2. The summed E-state index contributed by atoms with van der Waals surface area (Å²) in [5.41, 5.74) is 3.42. The monoisotopic (exact) mass is 246 g/mol. The van der Waals surface area contributed by atoms with Crippen molar-refractivity contribution in [3.8, 4) is 16.9 Å². The third-order valence-corrected chi connectivity index (χ3v) is 2.70. The Bertz CT molecular complexity index is 489. The smallest absolute Gasteiger partial charge is 0.129 e. The zero-order valence-electron chi connectivity index (χ0n) is 11.9. The number of methoxy groups -OCH3 is 1. The molecule has 1 aromatic carbocycles. The van der Waals surface area contributed by atoms with Crippen LogP contribution in [0.2, 0.25) is 0 Å². The predicted octanol–water partition coefficient (Wildman–Crippen LogP) is 3.68. The van der Waals surface area contributed by atoms with Crippen molar-refractivity contribution < 1.29 is 4.74 Å². The van der Waals surface area contributed by atoms with E-state index in [1.54, 1.807) is 11.8 Å². The minimum atomic E-state index is 0.956. The number of rotatable bonds is 3.